The van der Waals surface area contributed by atoms with E-state index in [9.17, 15) is 0 Å². The molecule has 1 aromatic heterocycles. The fourth-order valence-corrected chi connectivity index (χ4v) is 4.17. The van der Waals surface area contributed by atoms with Gasteiger partial charge in [0.15, 0.2) is 0 Å². The van der Waals surface area contributed by atoms with Crippen LogP contribution < -0.4 is 4.90 Å². The van der Waals surface area contributed by atoms with Crippen LogP contribution in [0.2, 0.25) is 0 Å². The van der Waals surface area contributed by atoms with Crippen molar-refractivity contribution in [3.63, 3.8) is 0 Å². The molecule has 2 heterocycles. The Balaban J connectivity index is 1.95. The number of likely N-dealkylation sites (N-methyl/N-ethyl adjacent to an activating group) is 1. The average molecular weight is 290 g/mol. The molecule has 0 fully saturated rings. The summed E-state index contributed by atoms with van der Waals surface area (Å²) < 4.78 is 0. The number of benzene rings is 2. The van der Waals surface area contributed by atoms with Crippen LogP contribution in [-0.2, 0) is 5.41 Å². The summed E-state index contributed by atoms with van der Waals surface area (Å²) in [5.41, 5.74) is 5.55. The number of fused-ring (bicyclic) bond motifs is 2. The van der Waals surface area contributed by atoms with Crippen LogP contribution in [0.15, 0.2) is 54.7 Å². The number of aromatic nitrogens is 1. The Morgan fingerprint density at radius 3 is 2.59 bits per heavy atom. The van der Waals surface area contributed by atoms with Crippen molar-refractivity contribution in [1.82, 2.24) is 4.98 Å². The van der Waals surface area contributed by atoms with Gasteiger partial charge in [0, 0.05) is 40.3 Å². The molecule has 0 amide bonds. The number of anilines is 1. The molecule has 4 rings (SSSR count). The molecule has 2 nitrogen and oxygen atoms in total. The summed E-state index contributed by atoms with van der Waals surface area (Å²) in [6.45, 7) is 8.01. The lowest BCUT2D eigenvalue weighted by Gasteiger charge is -2.34. The number of aromatic amines is 1. The van der Waals surface area contributed by atoms with Crippen LogP contribution in [0, 0.1) is 0 Å². The second-order valence-electron chi connectivity index (χ2n) is 6.72. The summed E-state index contributed by atoms with van der Waals surface area (Å²) in [4.78, 5) is 5.99. The Kier molecular flexibility index (Phi) is 2.83. The summed E-state index contributed by atoms with van der Waals surface area (Å²) >= 11 is 0. The predicted molar refractivity (Wildman–Crippen MR) is 93.5 cm³/mol. The van der Waals surface area contributed by atoms with Gasteiger partial charge in [0.05, 0.1) is 6.04 Å². The first-order valence-corrected chi connectivity index (χ1v) is 8.06. The number of rotatable bonds is 2. The van der Waals surface area contributed by atoms with Crippen LogP contribution in [0.1, 0.15) is 37.9 Å². The Morgan fingerprint density at radius 1 is 1.05 bits per heavy atom. The number of hydrogen-bond acceptors (Lipinski definition) is 1. The van der Waals surface area contributed by atoms with E-state index < -0.39 is 0 Å². The standard InChI is InChI=1S/C20H22N2/c1-4-22-18-12-8-6-10-16(18)20(2,3)19(22)15-13-21-17-11-7-5-9-14(15)17/h5-13,19,21H,4H2,1-3H3. The van der Waals surface area contributed by atoms with E-state index in [0.717, 1.165) is 6.54 Å². The van der Waals surface area contributed by atoms with Crippen LogP contribution in [0.5, 0.6) is 0 Å². The highest BCUT2D eigenvalue weighted by Gasteiger charge is 2.45. The van der Waals surface area contributed by atoms with Crippen LogP contribution >= 0.6 is 0 Å². The van der Waals surface area contributed by atoms with E-state index in [2.05, 4.69) is 85.4 Å². The van der Waals surface area contributed by atoms with E-state index in [0.29, 0.717) is 6.04 Å². The Hall–Kier alpha value is -2.22. The van der Waals surface area contributed by atoms with E-state index in [1.54, 1.807) is 0 Å². The van der Waals surface area contributed by atoms with Crippen molar-refractivity contribution in [1.29, 1.82) is 0 Å². The van der Waals surface area contributed by atoms with Gasteiger partial charge in [-0.2, -0.15) is 0 Å². The third-order valence-electron chi connectivity index (χ3n) is 5.16. The van der Waals surface area contributed by atoms with Gasteiger partial charge in [0.1, 0.15) is 0 Å². The summed E-state index contributed by atoms with van der Waals surface area (Å²) in [7, 11) is 0. The second-order valence-corrected chi connectivity index (χ2v) is 6.72. The van der Waals surface area contributed by atoms with Crippen molar-refractivity contribution in [2.45, 2.75) is 32.2 Å². The first kappa shape index (κ1) is 13.4. The molecule has 1 atom stereocenters. The number of para-hydroxylation sites is 2. The molecule has 2 heteroatoms. The number of H-pyrrole nitrogens is 1. The molecule has 2 aromatic carbocycles. The molecule has 0 radical (unpaired) electrons. The molecule has 0 aliphatic carbocycles. The fourth-order valence-electron chi connectivity index (χ4n) is 4.17. The molecule has 1 aliphatic rings. The van der Waals surface area contributed by atoms with Gasteiger partial charge in [-0.1, -0.05) is 50.2 Å². The van der Waals surface area contributed by atoms with Crippen LogP contribution in [-0.4, -0.2) is 11.5 Å². The SMILES string of the molecule is CCN1c2ccccc2C(C)(C)C1c1c[nH]c2ccccc12. The largest absolute Gasteiger partial charge is 0.364 e. The summed E-state index contributed by atoms with van der Waals surface area (Å²) in [5.74, 6) is 0. The van der Waals surface area contributed by atoms with E-state index in [-0.39, 0.29) is 5.41 Å². The lowest BCUT2D eigenvalue weighted by atomic mass is 9.77. The molecule has 22 heavy (non-hydrogen) atoms. The highest BCUT2D eigenvalue weighted by atomic mass is 15.2. The monoisotopic (exact) mass is 290 g/mol. The zero-order valence-electron chi connectivity index (χ0n) is 13.4. The highest BCUT2D eigenvalue weighted by molar-refractivity contribution is 5.85. The molecule has 112 valence electrons. The van der Waals surface area contributed by atoms with Gasteiger partial charge in [-0.25, -0.2) is 0 Å². The fraction of sp³-hybridized carbons (Fsp3) is 0.300. The lowest BCUT2D eigenvalue weighted by molar-refractivity contribution is 0.433. The smallest absolute Gasteiger partial charge is 0.0655 e. The Bertz CT molecular complexity index is 828. The molecule has 1 aliphatic heterocycles. The maximum Gasteiger partial charge on any atom is 0.0655 e. The second kappa shape index (κ2) is 4.64. The first-order chi connectivity index (χ1) is 10.6. The van der Waals surface area contributed by atoms with Crippen molar-refractivity contribution in [3.05, 3.63) is 65.9 Å². The predicted octanol–water partition coefficient (Wildman–Crippen LogP) is 5.03. The Labute approximate surface area is 131 Å². The summed E-state index contributed by atoms with van der Waals surface area (Å²) in [6, 6.07) is 17.8. The number of hydrogen-bond donors (Lipinski definition) is 1. The van der Waals surface area contributed by atoms with E-state index in [1.807, 2.05) is 0 Å². The zero-order valence-corrected chi connectivity index (χ0v) is 13.4. The normalized spacial score (nSPS) is 19.6. The van der Waals surface area contributed by atoms with Gasteiger partial charge < -0.3 is 9.88 Å². The molecular formula is C20H22N2. The Morgan fingerprint density at radius 2 is 1.77 bits per heavy atom. The van der Waals surface area contributed by atoms with Gasteiger partial charge in [-0.05, 0) is 24.6 Å². The topological polar surface area (TPSA) is 19.0 Å². The average Bonchev–Trinajstić information content (AvgIpc) is 3.04. The van der Waals surface area contributed by atoms with Crippen LogP contribution in [0.25, 0.3) is 10.9 Å². The van der Waals surface area contributed by atoms with Gasteiger partial charge in [-0.15, -0.1) is 0 Å². The van der Waals surface area contributed by atoms with Crippen molar-refractivity contribution >= 4 is 16.6 Å². The van der Waals surface area contributed by atoms with Gasteiger partial charge in [-0.3, -0.25) is 0 Å². The van der Waals surface area contributed by atoms with Crippen molar-refractivity contribution in [2.24, 2.45) is 0 Å². The zero-order chi connectivity index (χ0) is 15.3. The molecule has 3 aromatic rings. The van der Waals surface area contributed by atoms with E-state index >= 15 is 0 Å². The van der Waals surface area contributed by atoms with Gasteiger partial charge in [0.25, 0.3) is 0 Å². The molecule has 0 bridgehead atoms. The number of nitrogens with zero attached hydrogens (tertiary/aromatic N) is 1. The first-order valence-electron chi connectivity index (χ1n) is 8.06. The lowest BCUT2D eigenvalue weighted by Crippen LogP contribution is -2.33. The minimum Gasteiger partial charge on any atom is -0.364 e. The molecule has 0 spiro atoms. The minimum absolute atomic E-state index is 0.0948. The quantitative estimate of drug-likeness (QED) is 0.701. The maximum absolute atomic E-state index is 3.45. The van der Waals surface area contributed by atoms with Crippen molar-refractivity contribution in [3.8, 4) is 0 Å². The van der Waals surface area contributed by atoms with E-state index in [4.69, 9.17) is 0 Å². The van der Waals surface area contributed by atoms with Gasteiger partial charge in [0.2, 0.25) is 0 Å². The van der Waals surface area contributed by atoms with E-state index in [1.165, 1.54) is 27.7 Å². The van der Waals surface area contributed by atoms with Crippen LogP contribution in [0.3, 0.4) is 0 Å². The molecule has 1 N–H and O–H groups in total. The van der Waals surface area contributed by atoms with Crippen LogP contribution in [0.4, 0.5) is 5.69 Å². The third kappa shape index (κ3) is 1.67. The van der Waals surface area contributed by atoms with Crippen molar-refractivity contribution in [2.75, 3.05) is 11.4 Å². The molecular weight excluding hydrogens is 268 g/mol. The minimum atomic E-state index is 0.0948. The van der Waals surface area contributed by atoms with Crippen molar-refractivity contribution < 1.29 is 0 Å². The summed E-state index contributed by atoms with van der Waals surface area (Å²) in [6.07, 6.45) is 2.20. The molecule has 0 saturated carbocycles. The van der Waals surface area contributed by atoms with Gasteiger partial charge >= 0.3 is 0 Å². The highest BCUT2D eigenvalue weighted by Crippen LogP contribution is 2.53. The summed E-state index contributed by atoms with van der Waals surface area (Å²) in [5, 5.41) is 1.34. The molecule has 1 unspecified atom stereocenters. The third-order valence-corrected chi connectivity index (χ3v) is 5.16. The maximum atomic E-state index is 3.45. The molecule has 0 saturated heterocycles. The number of nitrogens with one attached hydrogen (secondary N) is 1.